The fourth-order valence-electron chi connectivity index (χ4n) is 3.32. The molecule has 3 nitrogen and oxygen atoms in total. The van der Waals surface area contributed by atoms with Crippen LogP contribution in [0.25, 0.3) is 0 Å². The standard InChI is InChI=1S/C23H21ClN2O.C2H6/c1-16-3-5-17(6-4-16)22-15-23(25-19-9-7-18(24)8-10-19)26(22)20-11-13-21(27-2)14-12-20;1-2/h3-14,22H,15H2,1-2H3;1-2H3. The first-order chi connectivity index (χ1) is 14.1. The number of benzene rings is 3. The summed E-state index contributed by atoms with van der Waals surface area (Å²) < 4.78 is 5.30. The molecule has 0 N–H and O–H groups in total. The highest BCUT2D eigenvalue weighted by molar-refractivity contribution is 6.30. The van der Waals surface area contributed by atoms with Crippen LogP contribution in [0.1, 0.15) is 37.4 Å². The molecule has 0 radical (unpaired) electrons. The zero-order valence-corrected chi connectivity index (χ0v) is 18.1. The summed E-state index contributed by atoms with van der Waals surface area (Å²) in [4.78, 5) is 7.14. The number of ether oxygens (including phenoxy) is 1. The van der Waals surface area contributed by atoms with E-state index in [1.165, 1.54) is 11.1 Å². The van der Waals surface area contributed by atoms with Crippen molar-refractivity contribution in [3.05, 3.63) is 88.9 Å². The molecule has 0 saturated carbocycles. The highest BCUT2D eigenvalue weighted by Gasteiger charge is 2.36. The first-order valence-electron chi connectivity index (χ1n) is 9.97. The predicted octanol–water partition coefficient (Wildman–Crippen LogP) is 7.36. The summed E-state index contributed by atoms with van der Waals surface area (Å²) in [6.45, 7) is 6.11. The Kier molecular flexibility index (Phi) is 6.95. The Hall–Kier alpha value is -2.78. The van der Waals surface area contributed by atoms with Crippen molar-refractivity contribution in [2.75, 3.05) is 12.0 Å². The van der Waals surface area contributed by atoms with Crippen LogP contribution in [0.4, 0.5) is 11.4 Å². The van der Waals surface area contributed by atoms with E-state index in [-0.39, 0.29) is 6.04 Å². The van der Waals surface area contributed by atoms with Crippen molar-refractivity contribution in [2.45, 2.75) is 33.2 Å². The van der Waals surface area contributed by atoms with Gasteiger partial charge in [-0.2, -0.15) is 0 Å². The largest absolute Gasteiger partial charge is 0.497 e. The number of nitrogens with zero attached hydrogens (tertiary/aromatic N) is 2. The Morgan fingerprint density at radius 1 is 0.897 bits per heavy atom. The molecule has 1 atom stereocenters. The van der Waals surface area contributed by atoms with E-state index in [0.29, 0.717) is 0 Å². The second-order valence-corrected chi connectivity index (χ2v) is 7.14. The van der Waals surface area contributed by atoms with Crippen LogP contribution in [0, 0.1) is 6.92 Å². The summed E-state index contributed by atoms with van der Waals surface area (Å²) in [5.41, 5.74) is 4.59. The third-order valence-corrected chi connectivity index (χ3v) is 5.12. The number of halogens is 1. The maximum Gasteiger partial charge on any atom is 0.119 e. The van der Waals surface area contributed by atoms with Crippen molar-refractivity contribution in [1.29, 1.82) is 0 Å². The van der Waals surface area contributed by atoms with Crippen molar-refractivity contribution in [3.63, 3.8) is 0 Å². The van der Waals surface area contributed by atoms with E-state index in [1.54, 1.807) is 7.11 Å². The topological polar surface area (TPSA) is 24.8 Å². The average molecular weight is 407 g/mol. The molecule has 4 rings (SSSR count). The van der Waals surface area contributed by atoms with E-state index in [9.17, 15) is 0 Å². The summed E-state index contributed by atoms with van der Waals surface area (Å²) in [6, 6.07) is 24.8. The van der Waals surface area contributed by atoms with Crippen LogP contribution < -0.4 is 9.64 Å². The molecular formula is C25H27ClN2O. The Labute approximate surface area is 178 Å². The van der Waals surface area contributed by atoms with Gasteiger partial charge < -0.3 is 9.64 Å². The van der Waals surface area contributed by atoms with Gasteiger partial charge in [0.15, 0.2) is 0 Å². The average Bonchev–Trinajstić information content (AvgIpc) is 2.75. The molecule has 1 saturated heterocycles. The van der Waals surface area contributed by atoms with Gasteiger partial charge >= 0.3 is 0 Å². The van der Waals surface area contributed by atoms with Gasteiger partial charge in [-0.05, 0) is 61.0 Å². The number of hydrogen-bond donors (Lipinski definition) is 0. The molecule has 3 aromatic carbocycles. The number of amidine groups is 1. The third kappa shape index (κ3) is 4.80. The van der Waals surface area contributed by atoms with Gasteiger partial charge in [0, 0.05) is 17.1 Å². The molecule has 1 heterocycles. The summed E-state index contributed by atoms with van der Waals surface area (Å²) in [5.74, 6) is 1.90. The summed E-state index contributed by atoms with van der Waals surface area (Å²) in [5, 5.41) is 0.720. The van der Waals surface area contributed by atoms with Crippen LogP contribution in [-0.4, -0.2) is 12.9 Å². The lowest BCUT2D eigenvalue weighted by molar-refractivity contribution is 0.415. The number of rotatable bonds is 4. The number of anilines is 1. The molecule has 1 unspecified atom stereocenters. The molecule has 29 heavy (non-hydrogen) atoms. The molecule has 0 amide bonds. The Bertz CT molecular complexity index is 948. The van der Waals surface area contributed by atoms with Gasteiger partial charge in [0.1, 0.15) is 11.6 Å². The first kappa shape index (κ1) is 20.9. The summed E-state index contributed by atoms with van der Waals surface area (Å²) >= 11 is 5.99. The lowest BCUT2D eigenvalue weighted by Gasteiger charge is -2.44. The molecule has 1 aliphatic heterocycles. The second-order valence-electron chi connectivity index (χ2n) is 6.70. The van der Waals surface area contributed by atoms with Crippen molar-refractivity contribution >= 4 is 28.8 Å². The van der Waals surface area contributed by atoms with Crippen molar-refractivity contribution in [1.82, 2.24) is 0 Å². The molecule has 0 bridgehead atoms. The van der Waals surface area contributed by atoms with Crippen LogP contribution in [0.2, 0.25) is 5.02 Å². The van der Waals surface area contributed by atoms with Gasteiger partial charge in [-0.3, -0.25) is 0 Å². The zero-order valence-electron chi connectivity index (χ0n) is 17.4. The lowest BCUT2D eigenvalue weighted by atomic mass is 9.91. The second kappa shape index (κ2) is 9.62. The van der Waals surface area contributed by atoms with Crippen LogP contribution in [-0.2, 0) is 0 Å². The molecule has 4 heteroatoms. The minimum Gasteiger partial charge on any atom is -0.497 e. The maximum absolute atomic E-state index is 5.99. The maximum atomic E-state index is 5.99. The van der Waals surface area contributed by atoms with Gasteiger partial charge in [-0.25, -0.2) is 4.99 Å². The van der Waals surface area contributed by atoms with E-state index < -0.39 is 0 Å². The predicted molar refractivity (Wildman–Crippen MR) is 124 cm³/mol. The van der Waals surface area contributed by atoms with Gasteiger partial charge in [0.05, 0.1) is 18.8 Å². The third-order valence-electron chi connectivity index (χ3n) is 4.86. The molecule has 0 aliphatic carbocycles. The molecule has 1 fully saturated rings. The van der Waals surface area contributed by atoms with E-state index in [0.717, 1.165) is 34.4 Å². The number of methoxy groups -OCH3 is 1. The van der Waals surface area contributed by atoms with E-state index in [4.69, 9.17) is 21.3 Å². The highest BCUT2D eigenvalue weighted by atomic mass is 35.5. The van der Waals surface area contributed by atoms with Crippen molar-refractivity contribution in [2.24, 2.45) is 4.99 Å². The van der Waals surface area contributed by atoms with E-state index in [1.807, 2.05) is 50.2 Å². The minimum atomic E-state index is 0.282. The Morgan fingerprint density at radius 3 is 2.10 bits per heavy atom. The first-order valence-corrected chi connectivity index (χ1v) is 10.3. The van der Waals surface area contributed by atoms with Gasteiger partial charge in [0.2, 0.25) is 0 Å². The molecule has 150 valence electrons. The smallest absolute Gasteiger partial charge is 0.119 e. The Morgan fingerprint density at radius 2 is 1.52 bits per heavy atom. The fourth-order valence-corrected chi connectivity index (χ4v) is 3.45. The molecule has 3 aromatic rings. The lowest BCUT2D eigenvalue weighted by Crippen LogP contribution is -2.46. The fraction of sp³-hybridized carbons (Fsp3) is 0.240. The summed E-state index contributed by atoms with van der Waals surface area (Å²) in [7, 11) is 1.68. The molecular weight excluding hydrogens is 380 g/mol. The van der Waals surface area contributed by atoms with Crippen LogP contribution in [0.15, 0.2) is 77.8 Å². The number of aryl methyl sites for hydroxylation is 1. The van der Waals surface area contributed by atoms with Gasteiger partial charge in [-0.15, -0.1) is 0 Å². The monoisotopic (exact) mass is 406 g/mol. The van der Waals surface area contributed by atoms with E-state index in [2.05, 4.69) is 48.2 Å². The van der Waals surface area contributed by atoms with Crippen LogP contribution in [0.5, 0.6) is 5.75 Å². The van der Waals surface area contributed by atoms with Crippen LogP contribution in [0.3, 0.4) is 0 Å². The number of hydrogen-bond acceptors (Lipinski definition) is 2. The van der Waals surface area contributed by atoms with Crippen molar-refractivity contribution in [3.8, 4) is 5.75 Å². The van der Waals surface area contributed by atoms with Gasteiger partial charge in [-0.1, -0.05) is 55.3 Å². The van der Waals surface area contributed by atoms with Gasteiger partial charge in [0.25, 0.3) is 0 Å². The normalized spacial score (nSPS) is 16.7. The van der Waals surface area contributed by atoms with Crippen molar-refractivity contribution < 1.29 is 4.74 Å². The number of aliphatic imine (C=N–C) groups is 1. The zero-order chi connectivity index (χ0) is 20.8. The SMILES string of the molecule is CC.COc1ccc(N2C(=Nc3ccc(Cl)cc3)CC2c2ccc(C)cc2)cc1. The highest BCUT2D eigenvalue weighted by Crippen LogP contribution is 2.41. The quantitative estimate of drug-likeness (QED) is 0.452. The molecule has 1 aliphatic rings. The molecule has 0 aromatic heterocycles. The Balaban J connectivity index is 0.00000117. The van der Waals surface area contributed by atoms with E-state index >= 15 is 0 Å². The van der Waals surface area contributed by atoms with Crippen LogP contribution >= 0.6 is 11.6 Å². The minimum absolute atomic E-state index is 0.282. The summed E-state index contributed by atoms with van der Waals surface area (Å²) in [6.07, 6.45) is 0.901. The molecule has 0 spiro atoms.